The summed E-state index contributed by atoms with van der Waals surface area (Å²) in [6.45, 7) is 6.31. The van der Waals surface area contributed by atoms with E-state index in [1.54, 1.807) is 6.92 Å². The van der Waals surface area contributed by atoms with E-state index in [0.29, 0.717) is 18.3 Å². The van der Waals surface area contributed by atoms with Crippen LogP contribution in [0.1, 0.15) is 70.1 Å². The van der Waals surface area contributed by atoms with Crippen LogP contribution in [-0.2, 0) is 10.0 Å². The summed E-state index contributed by atoms with van der Waals surface area (Å²) in [5.41, 5.74) is 0. The molecule has 0 amide bonds. The Morgan fingerprint density at radius 2 is 2.15 bits per heavy atom. The van der Waals surface area contributed by atoms with E-state index in [4.69, 9.17) is 4.52 Å². The average Bonchev–Trinajstić information content (AvgIpc) is 2.96. The van der Waals surface area contributed by atoms with Gasteiger partial charge in [0.15, 0.2) is 5.82 Å². The molecule has 0 aromatic carbocycles. The Morgan fingerprint density at radius 1 is 1.40 bits per heavy atom. The maximum atomic E-state index is 12.2. The predicted octanol–water partition coefficient (Wildman–Crippen LogP) is 2.46. The maximum Gasteiger partial charge on any atom is 0.245 e. The van der Waals surface area contributed by atoms with Crippen LogP contribution in [-0.4, -0.2) is 35.2 Å². The number of sulfonamides is 1. The van der Waals surface area contributed by atoms with Gasteiger partial charge in [0.25, 0.3) is 0 Å². The van der Waals surface area contributed by atoms with E-state index in [1.165, 1.54) is 4.31 Å². The molecule has 0 aliphatic carbocycles. The Bertz CT molecular complexity index is 541. The van der Waals surface area contributed by atoms with E-state index >= 15 is 0 Å². The van der Waals surface area contributed by atoms with Crippen LogP contribution in [0.5, 0.6) is 0 Å². The molecule has 114 valence electrons. The van der Waals surface area contributed by atoms with E-state index < -0.39 is 10.0 Å². The molecule has 0 N–H and O–H groups in total. The molecular weight excluding hydrogens is 278 g/mol. The first-order valence-electron chi connectivity index (χ1n) is 7.32. The molecule has 0 bridgehead atoms. The molecule has 0 saturated carbocycles. The Hall–Kier alpha value is -0.950. The molecule has 0 radical (unpaired) electrons. The zero-order valence-electron chi connectivity index (χ0n) is 12.4. The number of rotatable bonds is 5. The summed E-state index contributed by atoms with van der Waals surface area (Å²) >= 11 is 0. The largest absolute Gasteiger partial charge is 0.338 e. The molecule has 7 heteroatoms. The standard InChI is InChI=1S/C13H23N3O3S/c1-4-10(3)12-14-13(19-15-12)11-8-6-7-9-16(11)20(17,18)5-2/h10-11H,4-9H2,1-3H3/t10-,11+/m1/s1. The second-order valence-electron chi connectivity index (χ2n) is 5.32. The normalized spacial score (nSPS) is 22.9. The summed E-state index contributed by atoms with van der Waals surface area (Å²) in [6.07, 6.45) is 3.56. The summed E-state index contributed by atoms with van der Waals surface area (Å²) in [5, 5.41) is 4.00. The summed E-state index contributed by atoms with van der Waals surface area (Å²) in [7, 11) is -3.23. The maximum absolute atomic E-state index is 12.2. The molecule has 1 aliphatic heterocycles. The van der Waals surface area contributed by atoms with Crippen molar-refractivity contribution in [1.29, 1.82) is 0 Å². The molecule has 1 aliphatic rings. The minimum absolute atomic E-state index is 0.107. The summed E-state index contributed by atoms with van der Waals surface area (Å²) < 4.78 is 31.2. The van der Waals surface area contributed by atoms with Crippen molar-refractivity contribution in [3.8, 4) is 0 Å². The summed E-state index contributed by atoms with van der Waals surface area (Å²) in [4.78, 5) is 4.42. The third-order valence-corrected chi connectivity index (χ3v) is 5.85. The topological polar surface area (TPSA) is 76.3 Å². The highest BCUT2D eigenvalue weighted by atomic mass is 32.2. The SMILES string of the molecule is CC[C@@H](C)c1noc([C@@H]2CCCCN2S(=O)(=O)CC)n1. The highest BCUT2D eigenvalue weighted by molar-refractivity contribution is 7.89. The van der Waals surface area contributed by atoms with E-state index in [-0.39, 0.29) is 17.7 Å². The summed E-state index contributed by atoms with van der Waals surface area (Å²) in [5.74, 6) is 1.45. The first-order valence-corrected chi connectivity index (χ1v) is 8.93. The molecule has 1 aromatic rings. The zero-order chi connectivity index (χ0) is 14.8. The molecule has 2 atom stereocenters. The van der Waals surface area contributed by atoms with Crippen molar-refractivity contribution >= 4 is 10.0 Å². The highest BCUT2D eigenvalue weighted by Crippen LogP contribution is 2.33. The lowest BCUT2D eigenvalue weighted by Gasteiger charge is -2.31. The third-order valence-electron chi connectivity index (χ3n) is 3.97. The van der Waals surface area contributed by atoms with Crippen LogP contribution in [0.2, 0.25) is 0 Å². The van der Waals surface area contributed by atoms with Crippen LogP contribution in [0.3, 0.4) is 0 Å². The Kier molecular flexibility index (Phi) is 4.80. The van der Waals surface area contributed by atoms with E-state index in [1.807, 2.05) is 6.92 Å². The minimum Gasteiger partial charge on any atom is -0.338 e. The van der Waals surface area contributed by atoms with Crippen LogP contribution in [0.15, 0.2) is 4.52 Å². The van der Waals surface area contributed by atoms with Gasteiger partial charge in [-0.1, -0.05) is 25.4 Å². The van der Waals surface area contributed by atoms with Gasteiger partial charge in [-0.15, -0.1) is 0 Å². The van der Waals surface area contributed by atoms with Crippen molar-refractivity contribution in [2.45, 2.75) is 58.4 Å². The van der Waals surface area contributed by atoms with Gasteiger partial charge >= 0.3 is 0 Å². The second kappa shape index (κ2) is 6.22. The number of hydrogen-bond donors (Lipinski definition) is 0. The van der Waals surface area contributed by atoms with Crippen LogP contribution in [0.25, 0.3) is 0 Å². The van der Waals surface area contributed by atoms with Gasteiger partial charge in [-0.3, -0.25) is 0 Å². The number of aromatic nitrogens is 2. The van der Waals surface area contributed by atoms with Gasteiger partial charge in [0.1, 0.15) is 6.04 Å². The van der Waals surface area contributed by atoms with Crippen molar-refractivity contribution in [2.75, 3.05) is 12.3 Å². The van der Waals surface area contributed by atoms with Crippen LogP contribution in [0, 0.1) is 0 Å². The van der Waals surface area contributed by atoms with Gasteiger partial charge in [0.2, 0.25) is 15.9 Å². The Morgan fingerprint density at radius 3 is 2.80 bits per heavy atom. The fourth-order valence-electron chi connectivity index (χ4n) is 2.42. The molecular formula is C13H23N3O3S. The number of nitrogens with zero attached hydrogens (tertiary/aromatic N) is 3. The van der Waals surface area contributed by atoms with Gasteiger partial charge in [-0.25, -0.2) is 8.42 Å². The van der Waals surface area contributed by atoms with Crippen LogP contribution >= 0.6 is 0 Å². The Balaban J connectivity index is 2.26. The lowest BCUT2D eigenvalue weighted by Crippen LogP contribution is -2.39. The lowest BCUT2D eigenvalue weighted by atomic mass is 10.0. The second-order valence-corrected chi connectivity index (χ2v) is 7.53. The van der Waals surface area contributed by atoms with E-state index in [9.17, 15) is 8.42 Å². The first kappa shape index (κ1) is 15.4. The summed E-state index contributed by atoms with van der Waals surface area (Å²) in [6, 6.07) is -0.293. The van der Waals surface area contributed by atoms with Gasteiger partial charge in [-0.2, -0.15) is 9.29 Å². The Labute approximate surface area is 120 Å². The molecule has 1 fully saturated rings. The van der Waals surface area contributed by atoms with E-state index in [0.717, 1.165) is 25.7 Å². The fourth-order valence-corrected chi connectivity index (χ4v) is 3.74. The molecule has 0 unspecified atom stereocenters. The highest BCUT2D eigenvalue weighted by Gasteiger charge is 2.35. The lowest BCUT2D eigenvalue weighted by molar-refractivity contribution is 0.204. The van der Waals surface area contributed by atoms with Gasteiger partial charge in [0.05, 0.1) is 5.75 Å². The van der Waals surface area contributed by atoms with Gasteiger partial charge in [-0.05, 0) is 26.2 Å². The van der Waals surface area contributed by atoms with Gasteiger partial charge in [0, 0.05) is 12.5 Å². The molecule has 20 heavy (non-hydrogen) atoms. The van der Waals surface area contributed by atoms with Crippen molar-refractivity contribution in [3.05, 3.63) is 11.7 Å². The smallest absolute Gasteiger partial charge is 0.245 e. The average molecular weight is 301 g/mol. The third kappa shape index (κ3) is 3.03. The van der Waals surface area contributed by atoms with Crippen LogP contribution < -0.4 is 0 Å². The molecule has 2 rings (SSSR count). The first-order chi connectivity index (χ1) is 9.49. The fraction of sp³-hybridized carbons (Fsp3) is 0.846. The molecule has 1 saturated heterocycles. The van der Waals surface area contributed by atoms with Crippen molar-refractivity contribution in [3.63, 3.8) is 0 Å². The van der Waals surface area contributed by atoms with E-state index in [2.05, 4.69) is 17.1 Å². The quantitative estimate of drug-likeness (QED) is 0.835. The zero-order valence-corrected chi connectivity index (χ0v) is 13.2. The van der Waals surface area contributed by atoms with Crippen molar-refractivity contribution in [2.24, 2.45) is 0 Å². The molecule has 1 aromatic heterocycles. The monoisotopic (exact) mass is 301 g/mol. The van der Waals surface area contributed by atoms with Gasteiger partial charge < -0.3 is 4.52 Å². The molecule has 6 nitrogen and oxygen atoms in total. The van der Waals surface area contributed by atoms with Crippen molar-refractivity contribution in [1.82, 2.24) is 14.4 Å². The number of hydrogen-bond acceptors (Lipinski definition) is 5. The van der Waals surface area contributed by atoms with Crippen LogP contribution in [0.4, 0.5) is 0 Å². The number of piperidine rings is 1. The predicted molar refractivity (Wildman–Crippen MR) is 75.8 cm³/mol. The van der Waals surface area contributed by atoms with Crippen molar-refractivity contribution < 1.29 is 12.9 Å². The molecule has 2 heterocycles. The molecule has 0 spiro atoms. The minimum atomic E-state index is -3.23.